The molecule has 0 unspecified atom stereocenters. The molecule has 0 heterocycles. The van der Waals surface area contributed by atoms with Gasteiger partial charge in [0.15, 0.2) is 0 Å². The Morgan fingerprint density at radius 1 is 0.349 bits per heavy atom. The molecule has 0 bridgehead atoms. The van der Waals surface area contributed by atoms with E-state index in [-0.39, 0.29) is 0 Å². The summed E-state index contributed by atoms with van der Waals surface area (Å²) in [5.41, 5.74) is 19.1. The van der Waals surface area contributed by atoms with Crippen LogP contribution < -0.4 is 4.90 Å². The molecule has 0 aliphatic heterocycles. The highest BCUT2D eigenvalue weighted by Gasteiger charge is 2.47. The van der Waals surface area contributed by atoms with E-state index in [2.05, 4.69) is 261 Å². The summed E-state index contributed by atoms with van der Waals surface area (Å²) in [7, 11) is 0. The molecule has 11 rings (SSSR count). The van der Waals surface area contributed by atoms with Crippen LogP contribution in [0.3, 0.4) is 0 Å². The molecular weight excluding hydrogens is 759 g/mol. The van der Waals surface area contributed by atoms with Crippen LogP contribution in [-0.4, -0.2) is 0 Å². The number of hydrogen-bond acceptors (Lipinski definition) is 1. The Morgan fingerprint density at radius 2 is 0.841 bits per heavy atom. The van der Waals surface area contributed by atoms with Crippen molar-refractivity contribution >= 4 is 27.8 Å². The van der Waals surface area contributed by atoms with Gasteiger partial charge in [0.2, 0.25) is 0 Å². The minimum absolute atomic E-state index is 0.354. The van der Waals surface area contributed by atoms with Crippen molar-refractivity contribution in [3.63, 3.8) is 0 Å². The second kappa shape index (κ2) is 15.9. The summed E-state index contributed by atoms with van der Waals surface area (Å²) in [4.78, 5) is 2.47. The lowest BCUT2D eigenvalue weighted by molar-refractivity contribution is 0.765. The van der Waals surface area contributed by atoms with Gasteiger partial charge in [-0.3, -0.25) is 0 Å². The Balaban J connectivity index is 1.15. The molecular formula is C62H47N. The molecule has 0 saturated carbocycles. The SMILES string of the molecule is CC(C)c1cccc2c1-c1ccc(N(c3ccc(-c4cc5ccccc5cc4-c4ccccc4)cc3)c3ccccc3-c3ccccc3)cc1C2(c1ccccc1)c1ccccc1. The lowest BCUT2D eigenvalue weighted by Gasteiger charge is -2.35. The van der Waals surface area contributed by atoms with Gasteiger partial charge in [0.1, 0.15) is 0 Å². The Morgan fingerprint density at radius 3 is 1.43 bits per heavy atom. The summed E-state index contributed by atoms with van der Waals surface area (Å²) in [5.74, 6) is 0.354. The minimum Gasteiger partial charge on any atom is -0.310 e. The number of rotatable bonds is 9. The number of para-hydroxylation sites is 1. The van der Waals surface area contributed by atoms with Crippen LogP contribution in [0, 0.1) is 0 Å². The molecule has 0 saturated heterocycles. The Hall–Kier alpha value is -7.74. The van der Waals surface area contributed by atoms with E-state index in [1.165, 1.54) is 83.1 Å². The normalized spacial score (nSPS) is 12.6. The Kier molecular flexibility index (Phi) is 9.67. The van der Waals surface area contributed by atoms with Crippen molar-refractivity contribution < 1.29 is 0 Å². The van der Waals surface area contributed by atoms with Crippen LogP contribution in [0.2, 0.25) is 0 Å². The van der Waals surface area contributed by atoms with Crippen molar-refractivity contribution in [1.29, 1.82) is 0 Å². The highest BCUT2D eigenvalue weighted by Crippen LogP contribution is 2.59. The quantitative estimate of drug-likeness (QED) is 0.140. The number of anilines is 3. The van der Waals surface area contributed by atoms with Crippen molar-refractivity contribution in [3.05, 3.63) is 270 Å². The molecule has 63 heavy (non-hydrogen) atoms. The summed E-state index contributed by atoms with van der Waals surface area (Å²) < 4.78 is 0. The fourth-order valence-electron chi connectivity index (χ4n) is 10.3. The predicted octanol–water partition coefficient (Wildman–Crippen LogP) is 16.8. The fraction of sp³-hybridized carbons (Fsp3) is 0.0645. The van der Waals surface area contributed by atoms with Crippen LogP contribution in [0.5, 0.6) is 0 Å². The Bertz CT molecular complexity index is 3180. The van der Waals surface area contributed by atoms with E-state index in [1.54, 1.807) is 0 Å². The summed E-state index contributed by atoms with van der Waals surface area (Å²) in [6.07, 6.45) is 0. The molecule has 0 N–H and O–H groups in total. The summed E-state index contributed by atoms with van der Waals surface area (Å²) >= 11 is 0. The predicted molar refractivity (Wildman–Crippen MR) is 266 cm³/mol. The zero-order chi connectivity index (χ0) is 42.3. The van der Waals surface area contributed by atoms with E-state index in [0.717, 1.165) is 17.1 Å². The van der Waals surface area contributed by atoms with Gasteiger partial charge in [0.05, 0.1) is 11.1 Å². The van der Waals surface area contributed by atoms with Crippen molar-refractivity contribution in [3.8, 4) is 44.5 Å². The van der Waals surface area contributed by atoms with Crippen LogP contribution in [0.1, 0.15) is 47.6 Å². The Labute approximate surface area is 371 Å². The molecule has 0 fully saturated rings. The maximum absolute atomic E-state index is 2.49. The smallest absolute Gasteiger partial charge is 0.0714 e. The van der Waals surface area contributed by atoms with E-state index < -0.39 is 5.41 Å². The van der Waals surface area contributed by atoms with E-state index in [0.29, 0.717) is 5.92 Å². The van der Waals surface area contributed by atoms with Gasteiger partial charge in [-0.25, -0.2) is 0 Å². The van der Waals surface area contributed by atoms with Gasteiger partial charge in [-0.15, -0.1) is 0 Å². The third-order valence-corrected chi connectivity index (χ3v) is 13.1. The third-order valence-electron chi connectivity index (χ3n) is 13.1. The second-order valence-electron chi connectivity index (χ2n) is 17.0. The van der Waals surface area contributed by atoms with Gasteiger partial charge in [0.25, 0.3) is 0 Å². The first-order chi connectivity index (χ1) is 31.1. The first-order valence-electron chi connectivity index (χ1n) is 22.1. The summed E-state index contributed by atoms with van der Waals surface area (Å²) in [6.45, 7) is 4.64. The lowest BCUT2D eigenvalue weighted by Crippen LogP contribution is -2.28. The molecule has 0 aromatic heterocycles. The van der Waals surface area contributed by atoms with Crippen LogP contribution in [0.15, 0.2) is 243 Å². The molecule has 0 spiro atoms. The monoisotopic (exact) mass is 805 g/mol. The van der Waals surface area contributed by atoms with Crippen molar-refractivity contribution in [2.45, 2.75) is 25.2 Å². The van der Waals surface area contributed by atoms with Gasteiger partial charge < -0.3 is 4.90 Å². The number of benzene rings is 10. The highest BCUT2D eigenvalue weighted by atomic mass is 15.1. The molecule has 300 valence electrons. The second-order valence-corrected chi connectivity index (χ2v) is 17.0. The fourth-order valence-corrected chi connectivity index (χ4v) is 10.3. The van der Waals surface area contributed by atoms with Crippen molar-refractivity contribution in [1.82, 2.24) is 0 Å². The molecule has 0 radical (unpaired) electrons. The molecule has 10 aromatic carbocycles. The molecule has 1 aliphatic rings. The average Bonchev–Trinajstić information content (AvgIpc) is 3.65. The molecule has 1 aliphatic carbocycles. The summed E-state index contributed by atoms with van der Waals surface area (Å²) in [6, 6.07) is 89.5. The number of nitrogens with zero attached hydrogens (tertiary/aromatic N) is 1. The molecule has 1 heteroatoms. The number of hydrogen-bond donors (Lipinski definition) is 0. The molecule has 1 nitrogen and oxygen atoms in total. The van der Waals surface area contributed by atoms with E-state index in [9.17, 15) is 0 Å². The topological polar surface area (TPSA) is 3.24 Å². The van der Waals surface area contributed by atoms with Gasteiger partial charge in [-0.2, -0.15) is 0 Å². The van der Waals surface area contributed by atoms with E-state index in [4.69, 9.17) is 0 Å². The summed E-state index contributed by atoms with van der Waals surface area (Å²) in [5, 5.41) is 2.47. The van der Waals surface area contributed by atoms with Crippen LogP contribution >= 0.6 is 0 Å². The van der Waals surface area contributed by atoms with Gasteiger partial charge in [-0.05, 0) is 126 Å². The lowest BCUT2D eigenvalue weighted by atomic mass is 9.67. The zero-order valence-electron chi connectivity index (χ0n) is 35.6. The largest absolute Gasteiger partial charge is 0.310 e. The van der Waals surface area contributed by atoms with Gasteiger partial charge >= 0.3 is 0 Å². The maximum atomic E-state index is 2.49. The molecule has 0 atom stereocenters. The van der Waals surface area contributed by atoms with Crippen molar-refractivity contribution in [2.75, 3.05) is 4.90 Å². The minimum atomic E-state index is -0.535. The van der Waals surface area contributed by atoms with Crippen molar-refractivity contribution in [2.24, 2.45) is 0 Å². The standard InChI is InChI=1S/C62H47N/c1-43(2)53-31-19-32-58-61(53)55-39-38-52(42-59(55)62(58,49-26-11-5-12-27-49)50-28-13-6-14-29-50)63(60-33-18-17-30-54(60)44-20-7-3-8-21-44)51-36-34-46(35-37-51)57-41-48-25-16-15-24-47(48)40-56(57)45-22-9-4-10-23-45/h3-43H,1-2H3. The van der Waals surface area contributed by atoms with Crippen LogP contribution in [-0.2, 0) is 5.41 Å². The van der Waals surface area contributed by atoms with Gasteiger partial charge in [-0.1, -0.05) is 214 Å². The van der Waals surface area contributed by atoms with Crippen LogP contribution in [0.4, 0.5) is 17.1 Å². The van der Waals surface area contributed by atoms with Gasteiger partial charge in [0, 0.05) is 16.9 Å². The first kappa shape index (κ1) is 38.2. The maximum Gasteiger partial charge on any atom is 0.0714 e. The third kappa shape index (κ3) is 6.48. The zero-order valence-corrected chi connectivity index (χ0v) is 35.6. The molecule has 0 amide bonds. The van der Waals surface area contributed by atoms with E-state index >= 15 is 0 Å². The molecule has 10 aromatic rings. The first-order valence-corrected chi connectivity index (χ1v) is 22.1. The van der Waals surface area contributed by atoms with E-state index in [1.807, 2.05) is 0 Å². The average molecular weight is 806 g/mol. The number of fused-ring (bicyclic) bond motifs is 4. The highest BCUT2D eigenvalue weighted by molar-refractivity contribution is 5.98. The van der Waals surface area contributed by atoms with Crippen LogP contribution in [0.25, 0.3) is 55.3 Å².